The van der Waals surface area contributed by atoms with Crippen molar-refractivity contribution in [3.8, 4) is 0 Å². The summed E-state index contributed by atoms with van der Waals surface area (Å²) in [5, 5.41) is 5.48. The third kappa shape index (κ3) is 8.32. The number of carbonyl (C=O) groups is 2. The number of amides is 2. The zero-order chi connectivity index (χ0) is 20.6. The largest absolute Gasteiger partial charge is 0.351 e. The van der Waals surface area contributed by atoms with Crippen LogP contribution in [-0.4, -0.2) is 38.0 Å². The van der Waals surface area contributed by atoms with Crippen LogP contribution in [0, 0.1) is 0 Å². The lowest BCUT2D eigenvalue weighted by molar-refractivity contribution is -0.118. The van der Waals surface area contributed by atoms with Crippen LogP contribution in [0.25, 0.3) is 0 Å². The van der Waals surface area contributed by atoms with E-state index in [1.807, 2.05) is 12.1 Å². The lowest BCUT2D eigenvalue weighted by Crippen LogP contribution is -2.26. The van der Waals surface area contributed by atoms with Crippen molar-refractivity contribution in [2.75, 3.05) is 27.8 Å². The number of benzene rings is 2. The van der Waals surface area contributed by atoms with Gasteiger partial charge < -0.3 is 10.6 Å². The predicted octanol–water partition coefficient (Wildman–Crippen LogP) is 2.81. The van der Waals surface area contributed by atoms with Gasteiger partial charge in [0.25, 0.3) is 0 Å². The lowest BCUT2D eigenvalue weighted by Gasteiger charge is -2.11. The van der Waals surface area contributed by atoms with Gasteiger partial charge in [0.05, 0.1) is 23.4 Å². The van der Waals surface area contributed by atoms with Gasteiger partial charge in [-0.1, -0.05) is 40.2 Å². The zero-order valence-electron chi connectivity index (χ0n) is 15.1. The number of halogens is 1. The molecule has 0 radical (unpaired) electrons. The molecule has 0 aliphatic carbocycles. The van der Waals surface area contributed by atoms with Gasteiger partial charge in [-0.2, -0.15) is 0 Å². The first-order valence-electron chi connectivity index (χ1n) is 8.18. The van der Waals surface area contributed by atoms with Crippen LogP contribution in [0.5, 0.6) is 0 Å². The molecule has 0 atom stereocenters. The molecule has 2 aromatic carbocycles. The van der Waals surface area contributed by atoms with E-state index in [1.165, 1.54) is 11.8 Å². The summed E-state index contributed by atoms with van der Waals surface area (Å²) in [6.07, 6.45) is 1.07. The molecule has 2 amide bonds. The van der Waals surface area contributed by atoms with Gasteiger partial charge in [-0.15, -0.1) is 11.8 Å². The van der Waals surface area contributed by atoms with Gasteiger partial charge in [0.15, 0.2) is 0 Å². The third-order valence-electron chi connectivity index (χ3n) is 3.36. The highest BCUT2D eigenvalue weighted by molar-refractivity contribution is 9.10. The molecule has 28 heavy (non-hydrogen) atoms. The van der Waals surface area contributed by atoms with Gasteiger partial charge in [-0.05, 0) is 29.8 Å². The molecule has 2 aromatic rings. The molecule has 0 spiro atoms. The number of para-hydroxylation sites is 1. The topological polar surface area (TPSA) is 104 Å². The van der Waals surface area contributed by atoms with Gasteiger partial charge in [0, 0.05) is 16.7 Å². The average Bonchev–Trinajstić information content (AvgIpc) is 2.59. The molecule has 0 unspecified atom stereocenters. The van der Waals surface area contributed by atoms with Crippen LogP contribution in [0.2, 0.25) is 0 Å². The van der Waals surface area contributed by atoms with Crippen molar-refractivity contribution in [1.29, 1.82) is 0 Å². The first-order valence-corrected chi connectivity index (χ1v) is 12.0. The number of thioether (sulfide) groups is 1. The quantitative estimate of drug-likeness (QED) is 0.506. The summed E-state index contributed by atoms with van der Waals surface area (Å²) in [4.78, 5) is 23.9. The van der Waals surface area contributed by atoms with Crippen LogP contribution in [-0.2, 0) is 26.2 Å². The Morgan fingerprint density at radius 3 is 2.46 bits per heavy atom. The maximum atomic E-state index is 12.0. The Hall–Kier alpha value is -2.04. The number of nitrogens with one attached hydrogen (secondary N) is 3. The summed E-state index contributed by atoms with van der Waals surface area (Å²) >= 11 is 4.53. The van der Waals surface area contributed by atoms with Crippen LogP contribution in [0.15, 0.2) is 53.0 Å². The molecule has 0 fully saturated rings. The Balaban J connectivity index is 1.75. The molecular weight excluding hydrogens is 466 g/mol. The SMILES string of the molecule is CS(=O)(=O)Nc1ccccc1CNC(=O)CSCC(=O)Nc1cccc(Br)c1. The van der Waals surface area contributed by atoms with E-state index in [0.717, 1.165) is 10.7 Å². The zero-order valence-corrected chi connectivity index (χ0v) is 18.3. The van der Waals surface area contributed by atoms with Crippen LogP contribution < -0.4 is 15.4 Å². The number of hydrogen-bond donors (Lipinski definition) is 3. The van der Waals surface area contributed by atoms with E-state index in [2.05, 4.69) is 31.3 Å². The first-order chi connectivity index (χ1) is 13.2. The van der Waals surface area contributed by atoms with Crippen molar-refractivity contribution in [1.82, 2.24) is 5.32 Å². The number of sulfonamides is 1. The standard InChI is InChI=1S/C18H20BrN3O4S2/c1-28(25,26)22-16-8-3-2-5-13(16)10-20-17(23)11-27-12-18(24)21-15-7-4-6-14(19)9-15/h2-9,22H,10-12H2,1H3,(H,20,23)(H,21,24). The van der Waals surface area contributed by atoms with Crippen molar-refractivity contribution in [3.05, 3.63) is 58.6 Å². The number of rotatable bonds is 9. The minimum Gasteiger partial charge on any atom is -0.351 e. The molecule has 10 heteroatoms. The average molecular weight is 486 g/mol. The summed E-state index contributed by atoms with van der Waals surface area (Å²) in [6, 6.07) is 14.1. The fourth-order valence-corrected chi connectivity index (χ4v) is 3.86. The normalized spacial score (nSPS) is 10.9. The molecule has 0 aromatic heterocycles. The molecule has 150 valence electrons. The molecule has 0 heterocycles. The third-order valence-corrected chi connectivity index (χ3v) is 5.38. The molecule has 3 N–H and O–H groups in total. The summed E-state index contributed by atoms with van der Waals surface area (Å²) in [6.45, 7) is 0.183. The van der Waals surface area contributed by atoms with Crippen LogP contribution in [0.1, 0.15) is 5.56 Å². The predicted molar refractivity (Wildman–Crippen MR) is 117 cm³/mol. The summed E-state index contributed by atoms with van der Waals surface area (Å²) in [5.74, 6) is -0.173. The second kappa shape index (κ2) is 10.5. The van der Waals surface area contributed by atoms with Crippen molar-refractivity contribution in [3.63, 3.8) is 0 Å². The number of anilines is 2. The minimum atomic E-state index is -3.40. The Morgan fingerprint density at radius 1 is 1.04 bits per heavy atom. The van der Waals surface area contributed by atoms with Crippen molar-refractivity contribution >= 4 is 60.9 Å². The van der Waals surface area contributed by atoms with E-state index in [9.17, 15) is 18.0 Å². The molecule has 7 nitrogen and oxygen atoms in total. The fourth-order valence-electron chi connectivity index (χ4n) is 2.22. The molecule has 0 saturated heterocycles. The minimum absolute atomic E-state index is 0.119. The second-order valence-electron chi connectivity index (χ2n) is 5.86. The fraction of sp³-hybridized carbons (Fsp3) is 0.222. The highest BCUT2D eigenvalue weighted by Crippen LogP contribution is 2.17. The molecule has 0 aliphatic rings. The van der Waals surface area contributed by atoms with E-state index >= 15 is 0 Å². The van der Waals surface area contributed by atoms with Crippen molar-refractivity contribution in [2.24, 2.45) is 0 Å². The smallest absolute Gasteiger partial charge is 0.234 e. The summed E-state index contributed by atoms with van der Waals surface area (Å²) < 4.78 is 26.1. The molecular formula is C18H20BrN3O4S2. The highest BCUT2D eigenvalue weighted by Gasteiger charge is 2.09. The van der Waals surface area contributed by atoms with Crippen molar-refractivity contribution < 1.29 is 18.0 Å². The highest BCUT2D eigenvalue weighted by atomic mass is 79.9. The van der Waals surface area contributed by atoms with Crippen molar-refractivity contribution in [2.45, 2.75) is 6.54 Å². The number of hydrogen-bond acceptors (Lipinski definition) is 5. The maximum Gasteiger partial charge on any atom is 0.234 e. The van der Waals surface area contributed by atoms with Gasteiger partial charge in [-0.3, -0.25) is 14.3 Å². The Labute approximate surface area is 176 Å². The summed E-state index contributed by atoms with van der Waals surface area (Å²) in [5.41, 5.74) is 1.75. The second-order valence-corrected chi connectivity index (χ2v) is 9.51. The van der Waals surface area contributed by atoms with Gasteiger partial charge in [0.1, 0.15) is 0 Å². The van der Waals surface area contributed by atoms with E-state index in [0.29, 0.717) is 16.9 Å². The first kappa shape index (κ1) is 22.3. The Bertz CT molecular complexity index is 951. The van der Waals surface area contributed by atoms with Gasteiger partial charge in [0.2, 0.25) is 21.8 Å². The van der Waals surface area contributed by atoms with E-state index in [1.54, 1.807) is 36.4 Å². The Kier molecular flexibility index (Phi) is 8.34. The van der Waals surface area contributed by atoms with Crippen LogP contribution in [0.3, 0.4) is 0 Å². The number of carbonyl (C=O) groups excluding carboxylic acids is 2. The lowest BCUT2D eigenvalue weighted by atomic mass is 10.2. The van der Waals surface area contributed by atoms with Gasteiger partial charge >= 0.3 is 0 Å². The molecule has 0 aliphatic heterocycles. The summed E-state index contributed by atoms with van der Waals surface area (Å²) in [7, 11) is -3.40. The maximum absolute atomic E-state index is 12.0. The monoisotopic (exact) mass is 485 g/mol. The molecule has 0 saturated carbocycles. The van der Waals surface area contributed by atoms with Crippen LogP contribution >= 0.6 is 27.7 Å². The Morgan fingerprint density at radius 2 is 1.75 bits per heavy atom. The van der Waals surface area contributed by atoms with E-state index < -0.39 is 10.0 Å². The molecule has 0 bridgehead atoms. The van der Waals surface area contributed by atoms with Gasteiger partial charge in [-0.25, -0.2) is 8.42 Å². The molecule has 2 rings (SSSR count). The van der Waals surface area contributed by atoms with E-state index in [-0.39, 0.29) is 29.9 Å². The van der Waals surface area contributed by atoms with Crippen LogP contribution in [0.4, 0.5) is 11.4 Å². The van der Waals surface area contributed by atoms with E-state index in [4.69, 9.17) is 0 Å².